The van der Waals surface area contributed by atoms with Crippen LogP contribution < -0.4 is 4.90 Å². The molecule has 2 aliphatic heterocycles. The zero-order valence-electron chi connectivity index (χ0n) is 15.7. The molecule has 0 radical (unpaired) electrons. The molecule has 0 aliphatic carbocycles. The number of thiophene rings is 1. The van der Waals surface area contributed by atoms with Gasteiger partial charge in [0.1, 0.15) is 10.8 Å². The van der Waals surface area contributed by atoms with Crippen LogP contribution in [0.4, 0.5) is 10.5 Å². The number of rotatable bonds is 3. The van der Waals surface area contributed by atoms with E-state index < -0.39 is 10.0 Å². The molecule has 6 nitrogen and oxygen atoms in total. The number of benzene rings is 2. The molecule has 3 aromatic rings. The molecular weight excluding hydrogens is 408 g/mol. The number of piperidine rings is 1. The number of sulfonamides is 1. The van der Waals surface area contributed by atoms with Gasteiger partial charge in [-0.05, 0) is 36.4 Å². The third-order valence-electron chi connectivity index (χ3n) is 5.58. The van der Waals surface area contributed by atoms with Crippen molar-refractivity contribution in [1.82, 2.24) is 4.31 Å². The molecule has 1 amide bonds. The normalized spacial score (nSPS) is 18.6. The lowest BCUT2D eigenvalue weighted by Crippen LogP contribution is -2.50. The van der Waals surface area contributed by atoms with Crippen molar-refractivity contribution in [2.24, 2.45) is 0 Å². The average molecular weight is 429 g/mol. The summed E-state index contributed by atoms with van der Waals surface area (Å²) in [6, 6.07) is 17.1. The highest BCUT2D eigenvalue weighted by Crippen LogP contribution is 2.35. The fourth-order valence-electron chi connectivity index (χ4n) is 4.07. The standard InChI is InChI=1S/C21H20N2O4S2/c24-21-23(18-7-3-1-6-16(18)14-27-21)17-9-11-22(12-10-17)29(25,26)20-13-15-5-2-4-8-19(15)28-20/h1-8,13,17H,9-12,14H2. The Morgan fingerprint density at radius 1 is 1.00 bits per heavy atom. The van der Waals surface area contributed by atoms with Gasteiger partial charge in [0.05, 0.1) is 5.69 Å². The van der Waals surface area contributed by atoms with Crippen molar-refractivity contribution in [3.05, 3.63) is 60.2 Å². The van der Waals surface area contributed by atoms with Gasteiger partial charge in [-0.3, -0.25) is 4.90 Å². The predicted octanol–water partition coefficient (Wildman–Crippen LogP) is 4.21. The third kappa shape index (κ3) is 3.21. The average Bonchev–Trinajstić information content (AvgIpc) is 3.19. The molecule has 0 N–H and O–H groups in total. The molecule has 8 heteroatoms. The van der Waals surface area contributed by atoms with Crippen molar-refractivity contribution in [3.8, 4) is 0 Å². The van der Waals surface area contributed by atoms with E-state index in [9.17, 15) is 13.2 Å². The molecular formula is C21H20N2O4S2. The van der Waals surface area contributed by atoms with Crippen LogP contribution in [0.25, 0.3) is 10.1 Å². The lowest BCUT2D eigenvalue weighted by Gasteiger charge is -2.39. The molecule has 2 aliphatic rings. The Morgan fingerprint density at radius 2 is 1.72 bits per heavy atom. The molecule has 1 aromatic heterocycles. The van der Waals surface area contributed by atoms with Gasteiger partial charge in [-0.1, -0.05) is 36.4 Å². The van der Waals surface area contributed by atoms with E-state index in [0.717, 1.165) is 21.3 Å². The van der Waals surface area contributed by atoms with Crippen LogP contribution in [-0.2, 0) is 21.4 Å². The van der Waals surface area contributed by atoms with Gasteiger partial charge in [0.25, 0.3) is 10.0 Å². The largest absolute Gasteiger partial charge is 0.444 e. The number of carbonyl (C=O) groups excluding carboxylic acids is 1. The number of amides is 1. The van der Waals surface area contributed by atoms with E-state index in [0.29, 0.717) is 30.1 Å². The first-order chi connectivity index (χ1) is 14.0. The van der Waals surface area contributed by atoms with Gasteiger partial charge in [-0.15, -0.1) is 11.3 Å². The molecule has 0 saturated carbocycles. The van der Waals surface area contributed by atoms with Crippen molar-refractivity contribution < 1.29 is 17.9 Å². The van der Waals surface area contributed by atoms with Crippen LogP contribution in [-0.4, -0.2) is 37.9 Å². The number of anilines is 1. The number of para-hydroxylation sites is 1. The van der Waals surface area contributed by atoms with Crippen LogP contribution in [0, 0.1) is 0 Å². The highest BCUT2D eigenvalue weighted by atomic mass is 32.2. The summed E-state index contributed by atoms with van der Waals surface area (Å²) in [5.41, 5.74) is 1.85. The van der Waals surface area contributed by atoms with Gasteiger partial charge in [-0.25, -0.2) is 13.2 Å². The molecule has 0 spiro atoms. The van der Waals surface area contributed by atoms with Gasteiger partial charge in [-0.2, -0.15) is 4.31 Å². The first-order valence-electron chi connectivity index (χ1n) is 9.57. The zero-order chi connectivity index (χ0) is 20.0. The maximum absolute atomic E-state index is 13.1. The SMILES string of the molecule is O=C1OCc2ccccc2N1C1CCN(S(=O)(=O)c2cc3ccccc3s2)CC1. The first kappa shape index (κ1) is 18.6. The third-order valence-corrected chi connectivity index (χ3v) is 9.05. The summed E-state index contributed by atoms with van der Waals surface area (Å²) in [4.78, 5) is 14.1. The summed E-state index contributed by atoms with van der Waals surface area (Å²) in [5, 5.41) is 0.943. The summed E-state index contributed by atoms with van der Waals surface area (Å²) in [6.07, 6.45) is 0.802. The quantitative estimate of drug-likeness (QED) is 0.627. The van der Waals surface area contributed by atoms with Crippen molar-refractivity contribution in [1.29, 1.82) is 0 Å². The first-order valence-corrected chi connectivity index (χ1v) is 11.8. The van der Waals surface area contributed by atoms with Crippen LogP contribution in [0.5, 0.6) is 0 Å². The molecule has 1 saturated heterocycles. The minimum Gasteiger partial charge on any atom is -0.444 e. The Labute approximate surface area is 173 Å². The second-order valence-corrected chi connectivity index (χ2v) is 10.5. The Bertz CT molecular complexity index is 1150. The Hall–Kier alpha value is -2.42. The van der Waals surface area contributed by atoms with Crippen LogP contribution in [0.3, 0.4) is 0 Å². The van der Waals surface area contributed by atoms with Gasteiger partial charge in [0.15, 0.2) is 0 Å². The minimum atomic E-state index is -3.53. The van der Waals surface area contributed by atoms with E-state index >= 15 is 0 Å². The smallest absolute Gasteiger partial charge is 0.414 e. The fourth-order valence-corrected chi connectivity index (χ4v) is 7.10. The molecule has 29 heavy (non-hydrogen) atoms. The molecule has 3 heterocycles. The summed E-state index contributed by atoms with van der Waals surface area (Å²) in [5.74, 6) is 0. The number of hydrogen-bond acceptors (Lipinski definition) is 5. The summed E-state index contributed by atoms with van der Waals surface area (Å²) in [6.45, 7) is 1.05. The number of carbonyl (C=O) groups is 1. The molecule has 5 rings (SSSR count). The zero-order valence-corrected chi connectivity index (χ0v) is 17.3. The summed E-state index contributed by atoms with van der Waals surface area (Å²) >= 11 is 1.30. The van der Waals surface area contributed by atoms with Crippen LogP contribution in [0.2, 0.25) is 0 Å². The predicted molar refractivity (Wildman–Crippen MR) is 113 cm³/mol. The van der Waals surface area contributed by atoms with Crippen LogP contribution in [0.15, 0.2) is 58.8 Å². The van der Waals surface area contributed by atoms with Crippen LogP contribution in [0.1, 0.15) is 18.4 Å². The van der Waals surface area contributed by atoms with Gasteiger partial charge in [0.2, 0.25) is 0 Å². The van der Waals surface area contributed by atoms with E-state index in [1.165, 1.54) is 15.6 Å². The monoisotopic (exact) mass is 428 g/mol. The van der Waals surface area contributed by atoms with E-state index in [1.54, 1.807) is 11.0 Å². The molecule has 1 fully saturated rings. The summed E-state index contributed by atoms with van der Waals surface area (Å²) in [7, 11) is -3.53. The van der Waals surface area contributed by atoms with E-state index in [-0.39, 0.29) is 18.7 Å². The highest BCUT2D eigenvalue weighted by molar-refractivity contribution is 7.91. The molecule has 2 aromatic carbocycles. The minimum absolute atomic E-state index is 0.0715. The van der Waals surface area contributed by atoms with E-state index in [4.69, 9.17) is 4.74 Å². The molecule has 0 bridgehead atoms. The van der Waals surface area contributed by atoms with Crippen molar-refractivity contribution in [2.75, 3.05) is 18.0 Å². The number of nitrogens with zero attached hydrogens (tertiary/aromatic N) is 2. The van der Waals surface area contributed by atoms with Gasteiger partial charge >= 0.3 is 6.09 Å². The van der Waals surface area contributed by atoms with Gasteiger partial charge < -0.3 is 4.74 Å². The second-order valence-electron chi connectivity index (χ2n) is 7.29. The number of cyclic esters (lactones) is 1. The molecule has 150 valence electrons. The lowest BCUT2D eigenvalue weighted by molar-refractivity contribution is 0.136. The Balaban J connectivity index is 1.36. The van der Waals surface area contributed by atoms with Crippen molar-refractivity contribution >= 4 is 43.2 Å². The topological polar surface area (TPSA) is 66.9 Å². The molecule has 0 unspecified atom stereocenters. The molecule has 0 atom stereocenters. The Morgan fingerprint density at radius 3 is 2.52 bits per heavy atom. The maximum Gasteiger partial charge on any atom is 0.414 e. The van der Waals surface area contributed by atoms with Crippen molar-refractivity contribution in [2.45, 2.75) is 29.7 Å². The van der Waals surface area contributed by atoms with E-state index in [2.05, 4.69) is 0 Å². The number of ether oxygens (including phenoxy) is 1. The van der Waals surface area contributed by atoms with Crippen LogP contribution >= 0.6 is 11.3 Å². The number of hydrogen-bond donors (Lipinski definition) is 0. The maximum atomic E-state index is 13.1. The summed E-state index contributed by atoms with van der Waals surface area (Å²) < 4.78 is 34.5. The Kier molecular flexibility index (Phi) is 4.57. The van der Waals surface area contributed by atoms with Gasteiger partial charge in [0, 0.05) is 29.4 Å². The fraction of sp³-hybridized carbons (Fsp3) is 0.286. The second kappa shape index (κ2) is 7.12. The van der Waals surface area contributed by atoms with Crippen molar-refractivity contribution in [3.63, 3.8) is 0 Å². The number of fused-ring (bicyclic) bond motifs is 2. The van der Waals surface area contributed by atoms with E-state index in [1.807, 2.05) is 48.5 Å². The lowest BCUT2D eigenvalue weighted by atomic mass is 10.0. The highest BCUT2D eigenvalue weighted by Gasteiger charge is 2.37.